The van der Waals surface area contributed by atoms with Crippen LogP contribution in [0.3, 0.4) is 0 Å². The highest BCUT2D eigenvalue weighted by molar-refractivity contribution is 5.95. The average Bonchev–Trinajstić information content (AvgIpc) is 2.75. The van der Waals surface area contributed by atoms with Gasteiger partial charge in [0.15, 0.2) is 13.1 Å². The van der Waals surface area contributed by atoms with Crippen molar-refractivity contribution in [2.75, 3.05) is 51.0 Å². The van der Waals surface area contributed by atoms with Gasteiger partial charge in [0.05, 0.1) is 25.9 Å². The Labute approximate surface area is 183 Å². The normalized spacial score (nSPS) is 11.4. The minimum Gasteiger partial charge on any atom is -0.495 e. The number of carbonyl (C=O) groups is 3. The van der Waals surface area contributed by atoms with Gasteiger partial charge in [0.25, 0.3) is 11.8 Å². The van der Waals surface area contributed by atoms with E-state index in [1.165, 1.54) is 12.0 Å². The second kappa shape index (κ2) is 11.7. The number of ether oxygens (including phenoxy) is 1. The molecular weight excluding hydrogens is 396 g/mol. The molecular formula is C23H31N4O4+. The summed E-state index contributed by atoms with van der Waals surface area (Å²) in [5.74, 6) is -0.120. The number of hydrogen-bond acceptors (Lipinski definition) is 4. The highest BCUT2D eigenvalue weighted by Gasteiger charge is 2.21. The van der Waals surface area contributed by atoms with Crippen molar-refractivity contribution in [3.05, 3.63) is 54.1 Å². The monoisotopic (exact) mass is 427 g/mol. The molecule has 0 aliphatic rings. The van der Waals surface area contributed by atoms with E-state index in [1.54, 1.807) is 19.2 Å². The van der Waals surface area contributed by atoms with Gasteiger partial charge in [-0.05, 0) is 38.1 Å². The maximum Gasteiger partial charge on any atom is 0.279 e. The molecule has 0 bridgehead atoms. The summed E-state index contributed by atoms with van der Waals surface area (Å²) in [6.45, 7) is 4.65. The Morgan fingerprint density at radius 1 is 0.968 bits per heavy atom. The molecule has 1 unspecified atom stereocenters. The van der Waals surface area contributed by atoms with E-state index in [-0.39, 0.29) is 37.4 Å². The highest BCUT2D eigenvalue weighted by Crippen LogP contribution is 2.22. The quantitative estimate of drug-likeness (QED) is 0.526. The summed E-state index contributed by atoms with van der Waals surface area (Å²) in [7, 11) is 3.12. The molecule has 0 radical (unpaired) electrons. The Bertz CT molecular complexity index is 899. The number of carbonyl (C=O) groups excluding carboxylic acids is 3. The van der Waals surface area contributed by atoms with Crippen molar-refractivity contribution in [2.45, 2.75) is 13.8 Å². The number of quaternary nitrogens is 1. The predicted molar refractivity (Wildman–Crippen MR) is 120 cm³/mol. The first-order valence-corrected chi connectivity index (χ1v) is 10.2. The fourth-order valence-corrected chi connectivity index (χ4v) is 2.97. The van der Waals surface area contributed by atoms with Crippen LogP contribution in [-0.2, 0) is 14.4 Å². The molecule has 166 valence electrons. The van der Waals surface area contributed by atoms with Gasteiger partial charge in [-0.3, -0.25) is 14.4 Å². The van der Waals surface area contributed by atoms with Crippen molar-refractivity contribution in [3.63, 3.8) is 0 Å². The highest BCUT2D eigenvalue weighted by atomic mass is 16.5. The zero-order valence-corrected chi connectivity index (χ0v) is 18.5. The summed E-state index contributed by atoms with van der Waals surface area (Å²) in [6, 6.07) is 14.6. The molecule has 8 heteroatoms. The molecule has 2 rings (SSSR count). The first kappa shape index (κ1) is 23.9. The van der Waals surface area contributed by atoms with Crippen LogP contribution in [0.1, 0.15) is 12.5 Å². The third-order valence-electron chi connectivity index (χ3n) is 4.83. The standard InChI is InChI=1S/C23H30N4O4/c1-5-27(15-22(29)25-19-8-6-7-9-20(19)31-4)16-23(30)26(3)14-21(28)24-18-12-10-17(2)11-13-18/h6-13H,5,14-16H2,1-4H3,(H,24,28)(H,25,29)/p+1. The van der Waals surface area contributed by atoms with E-state index in [2.05, 4.69) is 10.6 Å². The smallest absolute Gasteiger partial charge is 0.279 e. The van der Waals surface area contributed by atoms with Gasteiger partial charge in [0.1, 0.15) is 5.75 Å². The largest absolute Gasteiger partial charge is 0.495 e. The Hall–Kier alpha value is -3.39. The van der Waals surface area contributed by atoms with Crippen molar-refractivity contribution in [1.29, 1.82) is 0 Å². The molecule has 3 amide bonds. The first-order chi connectivity index (χ1) is 14.8. The van der Waals surface area contributed by atoms with Gasteiger partial charge in [0.2, 0.25) is 5.91 Å². The third kappa shape index (κ3) is 7.75. The number of nitrogens with one attached hydrogen (secondary N) is 3. The van der Waals surface area contributed by atoms with Gasteiger partial charge in [-0.15, -0.1) is 0 Å². The van der Waals surface area contributed by atoms with Gasteiger partial charge in [-0.1, -0.05) is 29.8 Å². The van der Waals surface area contributed by atoms with Crippen LogP contribution in [0, 0.1) is 6.92 Å². The Morgan fingerprint density at radius 3 is 2.29 bits per heavy atom. The molecule has 0 aliphatic carbocycles. The lowest BCUT2D eigenvalue weighted by Crippen LogP contribution is -3.13. The van der Waals surface area contributed by atoms with Crippen LogP contribution in [0.15, 0.2) is 48.5 Å². The lowest BCUT2D eigenvalue weighted by atomic mass is 10.2. The lowest BCUT2D eigenvalue weighted by molar-refractivity contribution is -0.881. The fraction of sp³-hybridized carbons (Fsp3) is 0.348. The molecule has 0 heterocycles. The maximum atomic E-state index is 12.6. The molecule has 0 aliphatic heterocycles. The second-order valence-electron chi connectivity index (χ2n) is 7.37. The fourth-order valence-electron chi connectivity index (χ4n) is 2.97. The van der Waals surface area contributed by atoms with E-state index < -0.39 is 0 Å². The number of amides is 3. The van der Waals surface area contributed by atoms with Crippen LogP contribution in [-0.4, -0.2) is 63.0 Å². The van der Waals surface area contributed by atoms with Crippen molar-refractivity contribution < 1.29 is 24.0 Å². The number of rotatable bonds is 10. The Balaban J connectivity index is 1.84. The topological polar surface area (TPSA) is 92.2 Å². The van der Waals surface area contributed by atoms with E-state index in [0.29, 0.717) is 23.7 Å². The number of benzene rings is 2. The van der Waals surface area contributed by atoms with Gasteiger partial charge in [-0.2, -0.15) is 0 Å². The van der Waals surface area contributed by atoms with E-state index >= 15 is 0 Å². The second-order valence-corrected chi connectivity index (χ2v) is 7.37. The molecule has 0 saturated carbocycles. The van der Waals surface area contributed by atoms with Crippen molar-refractivity contribution in [1.82, 2.24) is 4.90 Å². The minimum atomic E-state index is -0.272. The lowest BCUT2D eigenvalue weighted by Gasteiger charge is -2.21. The van der Waals surface area contributed by atoms with Crippen LogP contribution >= 0.6 is 0 Å². The van der Waals surface area contributed by atoms with E-state index in [0.717, 1.165) is 10.5 Å². The summed E-state index contributed by atoms with van der Waals surface area (Å²) in [4.78, 5) is 39.4. The number of methoxy groups -OCH3 is 1. The van der Waals surface area contributed by atoms with Gasteiger partial charge in [0, 0.05) is 12.7 Å². The Morgan fingerprint density at radius 2 is 1.65 bits per heavy atom. The summed E-state index contributed by atoms with van der Waals surface area (Å²) < 4.78 is 5.24. The van der Waals surface area contributed by atoms with Gasteiger partial charge < -0.3 is 25.2 Å². The minimum absolute atomic E-state index is 0.0584. The van der Waals surface area contributed by atoms with E-state index in [4.69, 9.17) is 4.74 Å². The molecule has 0 aromatic heterocycles. The summed E-state index contributed by atoms with van der Waals surface area (Å²) in [5.41, 5.74) is 2.37. The number of para-hydroxylation sites is 2. The maximum absolute atomic E-state index is 12.6. The number of nitrogens with zero attached hydrogens (tertiary/aromatic N) is 1. The molecule has 0 saturated heterocycles. The molecule has 3 N–H and O–H groups in total. The average molecular weight is 428 g/mol. The first-order valence-electron chi connectivity index (χ1n) is 10.2. The molecule has 0 spiro atoms. The molecule has 0 fully saturated rings. The number of anilines is 2. The van der Waals surface area contributed by atoms with Gasteiger partial charge in [-0.25, -0.2) is 0 Å². The molecule has 31 heavy (non-hydrogen) atoms. The Kier molecular flexibility index (Phi) is 9.02. The van der Waals surface area contributed by atoms with Crippen molar-refractivity contribution in [2.24, 2.45) is 0 Å². The third-order valence-corrected chi connectivity index (χ3v) is 4.83. The van der Waals surface area contributed by atoms with Gasteiger partial charge >= 0.3 is 0 Å². The van der Waals surface area contributed by atoms with Crippen LogP contribution in [0.2, 0.25) is 0 Å². The SMILES string of the molecule is CC[NH+](CC(=O)Nc1ccccc1OC)CC(=O)N(C)CC(=O)Nc1ccc(C)cc1. The van der Waals surface area contributed by atoms with Crippen LogP contribution in [0.5, 0.6) is 5.75 Å². The van der Waals surface area contributed by atoms with Crippen LogP contribution < -0.4 is 20.3 Å². The zero-order chi connectivity index (χ0) is 22.8. The van der Waals surface area contributed by atoms with Crippen LogP contribution in [0.4, 0.5) is 11.4 Å². The molecule has 2 aromatic carbocycles. The molecule has 8 nitrogen and oxygen atoms in total. The van der Waals surface area contributed by atoms with E-state index in [1.807, 2.05) is 50.2 Å². The summed E-state index contributed by atoms with van der Waals surface area (Å²) in [6.07, 6.45) is 0. The molecule has 2 aromatic rings. The number of hydrogen-bond donors (Lipinski definition) is 3. The number of likely N-dealkylation sites (N-methyl/N-ethyl adjacent to an activating group) is 2. The van der Waals surface area contributed by atoms with E-state index in [9.17, 15) is 14.4 Å². The predicted octanol–water partition coefficient (Wildman–Crippen LogP) is 0.944. The van der Waals surface area contributed by atoms with Crippen molar-refractivity contribution in [3.8, 4) is 5.75 Å². The summed E-state index contributed by atoms with van der Waals surface area (Å²) in [5, 5.41) is 5.60. The molecule has 1 atom stereocenters. The number of aryl methyl sites for hydroxylation is 1. The van der Waals surface area contributed by atoms with Crippen molar-refractivity contribution >= 4 is 29.1 Å². The zero-order valence-electron chi connectivity index (χ0n) is 18.5. The summed E-state index contributed by atoms with van der Waals surface area (Å²) >= 11 is 0. The van der Waals surface area contributed by atoms with Crippen LogP contribution in [0.25, 0.3) is 0 Å².